The van der Waals surface area contributed by atoms with E-state index >= 15 is 0 Å². The Morgan fingerprint density at radius 3 is 2.48 bits per heavy atom. The molecule has 1 atom stereocenters. The lowest BCUT2D eigenvalue weighted by Gasteiger charge is -2.30. The maximum atomic E-state index is 10.0. The molecule has 168 valence electrons. The maximum Gasteiger partial charge on any atom is 0.191 e. The number of guanidine groups is 1. The Morgan fingerprint density at radius 2 is 1.81 bits per heavy atom. The molecule has 3 rings (SSSR count). The minimum atomic E-state index is 0.124. The fourth-order valence-corrected chi connectivity index (χ4v) is 3.97. The second-order valence-corrected chi connectivity index (χ2v) is 7.58. The van der Waals surface area contributed by atoms with Crippen LogP contribution >= 0.6 is 0 Å². The van der Waals surface area contributed by atoms with Crippen LogP contribution in [0.3, 0.4) is 0 Å². The molecule has 7 heteroatoms. The molecule has 0 bridgehead atoms. The van der Waals surface area contributed by atoms with Gasteiger partial charge in [-0.15, -0.1) is 0 Å². The van der Waals surface area contributed by atoms with Gasteiger partial charge in [0.25, 0.3) is 0 Å². The van der Waals surface area contributed by atoms with E-state index in [0.717, 1.165) is 43.5 Å². The third-order valence-corrected chi connectivity index (χ3v) is 5.55. The van der Waals surface area contributed by atoms with E-state index in [0.29, 0.717) is 12.3 Å². The molecule has 1 fully saturated rings. The van der Waals surface area contributed by atoms with Crippen LogP contribution in [0.4, 0.5) is 0 Å². The number of benzene rings is 2. The van der Waals surface area contributed by atoms with Crippen molar-refractivity contribution in [3.63, 3.8) is 0 Å². The molecule has 0 spiro atoms. The number of likely N-dealkylation sites (tertiary alicyclic amines) is 1. The van der Waals surface area contributed by atoms with Gasteiger partial charge < -0.3 is 25.2 Å². The van der Waals surface area contributed by atoms with E-state index in [9.17, 15) is 5.11 Å². The summed E-state index contributed by atoms with van der Waals surface area (Å²) >= 11 is 0. The number of rotatable bonds is 9. The highest BCUT2D eigenvalue weighted by Gasteiger charge is 2.26. The fraction of sp³-hybridized carbons (Fsp3) is 0.458. The van der Waals surface area contributed by atoms with Gasteiger partial charge in [0.15, 0.2) is 17.5 Å². The van der Waals surface area contributed by atoms with Crippen molar-refractivity contribution in [3.8, 4) is 17.2 Å². The Morgan fingerprint density at radius 1 is 1.06 bits per heavy atom. The van der Waals surface area contributed by atoms with E-state index in [1.165, 1.54) is 18.4 Å². The van der Waals surface area contributed by atoms with Crippen molar-refractivity contribution >= 4 is 5.96 Å². The maximum absolute atomic E-state index is 10.0. The van der Waals surface area contributed by atoms with E-state index in [1.54, 1.807) is 26.4 Å². The van der Waals surface area contributed by atoms with Gasteiger partial charge in [-0.2, -0.15) is 0 Å². The van der Waals surface area contributed by atoms with Gasteiger partial charge >= 0.3 is 0 Å². The number of para-hydroxylation sites is 1. The Hall–Kier alpha value is -2.93. The zero-order chi connectivity index (χ0) is 22.1. The van der Waals surface area contributed by atoms with E-state index in [2.05, 4.69) is 34.6 Å². The average molecular weight is 427 g/mol. The summed E-state index contributed by atoms with van der Waals surface area (Å²) < 4.78 is 10.8. The summed E-state index contributed by atoms with van der Waals surface area (Å²) in [5.41, 5.74) is 2.10. The summed E-state index contributed by atoms with van der Waals surface area (Å²) in [5.74, 6) is 2.25. The van der Waals surface area contributed by atoms with Gasteiger partial charge in [-0.25, -0.2) is 4.99 Å². The normalized spacial score (nSPS) is 15.5. The fourth-order valence-electron chi connectivity index (χ4n) is 3.97. The number of ether oxygens (including phenoxy) is 2. The molecule has 0 aromatic heterocycles. The summed E-state index contributed by atoms with van der Waals surface area (Å²) in [7, 11) is 3.27. The van der Waals surface area contributed by atoms with Crippen LogP contribution in [-0.2, 0) is 6.54 Å². The van der Waals surface area contributed by atoms with Gasteiger partial charge in [0, 0.05) is 18.7 Å². The number of aromatic hydroxyl groups is 1. The standard InChI is InChI=1S/C24H34N4O3/c1-4-25-24(26-16-18-11-12-23(31-3)21(29)15-18)27-17-20(28-13-7-8-14-28)19-9-5-6-10-22(19)30-2/h5-6,9-12,15,20,29H,4,7-8,13-14,16-17H2,1-3H3,(H2,25,26,27). The van der Waals surface area contributed by atoms with Crippen LogP contribution in [0, 0.1) is 0 Å². The number of hydrogen-bond acceptors (Lipinski definition) is 5. The molecule has 1 aliphatic rings. The number of aliphatic imine (C=N–C) groups is 1. The Bertz CT molecular complexity index is 866. The van der Waals surface area contributed by atoms with E-state index < -0.39 is 0 Å². The predicted molar refractivity (Wildman–Crippen MR) is 124 cm³/mol. The van der Waals surface area contributed by atoms with Crippen LogP contribution in [0.1, 0.15) is 36.9 Å². The third kappa shape index (κ3) is 6.04. The van der Waals surface area contributed by atoms with Crippen molar-refractivity contribution in [1.29, 1.82) is 0 Å². The Kier molecular flexibility index (Phi) is 8.41. The zero-order valence-corrected chi connectivity index (χ0v) is 18.7. The van der Waals surface area contributed by atoms with Crippen molar-refractivity contribution in [2.45, 2.75) is 32.4 Å². The van der Waals surface area contributed by atoms with Crippen molar-refractivity contribution in [2.75, 3.05) is 40.4 Å². The Balaban J connectivity index is 1.73. The molecule has 0 radical (unpaired) electrons. The van der Waals surface area contributed by atoms with Crippen LogP contribution in [0.5, 0.6) is 17.2 Å². The molecule has 1 unspecified atom stereocenters. The number of nitrogens with zero attached hydrogens (tertiary/aromatic N) is 2. The smallest absolute Gasteiger partial charge is 0.191 e. The minimum Gasteiger partial charge on any atom is -0.504 e. The first kappa shape index (κ1) is 22.7. The summed E-state index contributed by atoms with van der Waals surface area (Å²) in [6, 6.07) is 13.8. The van der Waals surface area contributed by atoms with Crippen molar-refractivity contribution in [3.05, 3.63) is 53.6 Å². The second kappa shape index (κ2) is 11.5. The van der Waals surface area contributed by atoms with E-state index in [4.69, 9.17) is 14.5 Å². The third-order valence-electron chi connectivity index (χ3n) is 5.55. The van der Waals surface area contributed by atoms with Crippen LogP contribution in [0.2, 0.25) is 0 Å². The molecule has 2 aromatic rings. The highest BCUT2D eigenvalue weighted by atomic mass is 16.5. The van der Waals surface area contributed by atoms with Crippen LogP contribution < -0.4 is 20.1 Å². The SMILES string of the molecule is CCNC(=NCc1ccc(OC)c(O)c1)NCC(c1ccccc1OC)N1CCCC1. The first-order valence-electron chi connectivity index (χ1n) is 10.9. The predicted octanol–water partition coefficient (Wildman–Crippen LogP) is 3.30. The van der Waals surface area contributed by atoms with Crippen molar-refractivity contribution < 1.29 is 14.6 Å². The first-order valence-corrected chi connectivity index (χ1v) is 10.9. The lowest BCUT2D eigenvalue weighted by Crippen LogP contribution is -2.42. The van der Waals surface area contributed by atoms with Crippen molar-refractivity contribution in [2.24, 2.45) is 4.99 Å². The molecule has 0 saturated carbocycles. The molecule has 7 nitrogen and oxygen atoms in total. The lowest BCUT2D eigenvalue weighted by atomic mass is 10.0. The zero-order valence-electron chi connectivity index (χ0n) is 18.7. The van der Waals surface area contributed by atoms with Crippen LogP contribution in [-0.4, -0.2) is 56.4 Å². The Labute approximate surface area is 185 Å². The van der Waals surface area contributed by atoms with Gasteiger partial charge in [0.1, 0.15) is 5.75 Å². The topological polar surface area (TPSA) is 78.4 Å². The van der Waals surface area contributed by atoms with Crippen LogP contribution in [0.15, 0.2) is 47.5 Å². The number of methoxy groups -OCH3 is 2. The molecule has 2 aromatic carbocycles. The average Bonchev–Trinajstić information content (AvgIpc) is 3.32. The van der Waals surface area contributed by atoms with Gasteiger partial charge in [0.05, 0.1) is 26.8 Å². The largest absolute Gasteiger partial charge is 0.504 e. The number of hydrogen-bond donors (Lipinski definition) is 3. The molecule has 0 amide bonds. The molecular weight excluding hydrogens is 392 g/mol. The summed E-state index contributed by atoms with van der Waals surface area (Å²) in [6.07, 6.45) is 2.45. The lowest BCUT2D eigenvalue weighted by molar-refractivity contribution is 0.239. The van der Waals surface area contributed by atoms with E-state index in [1.807, 2.05) is 18.2 Å². The van der Waals surface area contributed by atoms with E-state index in [-0.39, 0.29) is 11.8 Å². The molecule has 0 aliphatic carbocycles. The van der Waals surface area contributed by atoms with Crippen molar-refractivity contribution in [1.82, 2.24) is 15.5 Å². The van der Waals surface area contributed by atoms with Crippen LogP contribution in [0.25, 0.3) is 0 Å². The molecule has 1 saturated heterocycles. The molecular formula is C24H34N4O3. The first-order chi connectivity index (χ1) is 15.2. The highest BCUT2D eigenvalue weighted by Crippen LogP contribution is 2.31. The van der Waals surface area contributed by atoms with Gasteiger partial charge in [-0.3, -0.25) is 4.90 Å². The number of phenols is 1. The van der Waals surface area contributed by atoms with Gasteiger partial charge in [-0.05, 0) is 56.6 Å². The second-order valence-electron chi connectivity index (χ2n) is 7.58. The minimum absolute atomic E-state index is 0.124. The highest BCUT2D eigenvalue weighted by molar-refractivity contribution is 5.79. The molecule has 1 heterocycles. The monoisotopic (exact) mass is 426 g/mol. The summed E-state index contributed by atoms with van der Waals surface area (Å²) in [5, 5.41) is 16.8. The summed E-state index contributed by atoms with van der Waals surface area (Å²) in [6.45, 7) is 6.17. The number of phenolic OH excluding ortho intramolecular Hbond substituents is 1. The molecule has 3 N–H and O–H groups in total. The quantitative estimate of drug-likeness (QED) is 0.422. The molecule has 31 heavy (non-hydrogen) atoms. The number of nitrogens with one attached hydrogen (secondary N) is 2. The van der Waals surface area contributed by atoms with Gasteiger partial charge in [0.2, 0.25) is 0 Å². The molecule has 1 aliphatic heterocycles. The summed E-state index contributed by atoms with van der Waals surface area (Å²) in [4.78, 5) is 7.22. The van der Waals surface area contributed by atoms with Gasteiger partial charge in [-0.1, -0.05) is 24.3 Å².